The zero-order valence-electron chi connectivity index (χ0n) is 13.0. The van der Waals surface area contributed by atoms with Gasteiger partial charge in [0.05, 0.1) is 6.10 Å². The zero-order valence-corrected chi connectivity index (χ0v) is 13.0. The predicted molar refractivity (Wildman–Crippen MR) is 77.9 cm³/mol. The van der Waals surface area contributed by atoms with Crippen LogP contribution in [0.4, 0.5) is 0 Å². The first-order valence-electron chi connectivity index (χ1n) is 7.65. The van der Waals surface area contributed by atoms with E-state index in [1.807, 2.05) is 13.8 Å². The Balaban J connectivity index is 2.36. The maximum atomic E-state index is 11.4. The van der Waals surface area contributed by atoms with Crippen molar-refractivity contribution in [1.29, 1.82) is 0 Å². The molecule has 2 unspecified atom stereocenters. The minimum absolute atomic E-state index is 0.0664. The summed E-state index contributed by atoms with van der Waals surface area (Å²) in [7, 11) is 0. The van der Waals surface area contributed by atoms with Gasteiger partial charge >= 0.3 is 5.97 Å². The molecule has 0 saturated carbocycles. The molecule has 0 aromatic heterocycles. The Morgan fingerprint density at radius 3 is 2.70 bits per heavy atom. The summed E-state index contributed by atoms with van der Waals surface area (Å²) in [6.45, 7) is 8.75. The molecule has 5 heteroatoms. The number of hydrogen-bond acceptors (Lipinski definition) is 4. The number of carbonyl (C=O) groups is 1. The number of rotatable bonds is 9. The van der Waals surface area contributed by atoms with Crippen LogP contribution < -0.4 is 5.32 Å². The average Bonchev–Trinajstić information content (AvgIpc) is 2.44. The maximum absolute atomic E-state index is 11.4. The van der Waals surface area contributed by atoms with Crippen LogP contribution >= 0.6 is 0 Å². The summed E-state index contributed by atoms with van der Waals surface area (Å²) >= 11 is 0. The molecular formula is C15H29NO4. The van der Waals surface area contributed by atoms with E-state index in [2.05, 4.69) is 5.32 Å². The Morgan fingerprint density at radius 2 is 2.15 bits per heavy atom. The molecule has 1 aliphatic rings. The van der Waals surface area contributed by atoms with Crippen molar-refractivity contribution in [3.05, 3.63) is 0 Å². The lowest BCUT2D eigenvalue weighted by Gasteiger charge is -2.30. The minimum atomic E-state index is -0.912. The van der Waals surface area contributed by atoms with Crippen LogP contribution in [0.1, 0.15) is 46.5 Å². The molecule has 1 rings (SSSR count). The second-order valence-corrected chi connectivity index (χ2v) is 5.97. The van der Waals surface area contributed by atoms with Gasteiger partial charge in [0.15, 0.2) is 0 Å². The summed E-state index contributed by atoms with van der Waals surface area (Å²) in [5.74, 6) is -0.265. The lowest BCUT2D eigenvalue weighted by molar-refractivity contribution is -0.146. The minimum Gasteiger partial charge on any atom is -0.480 e. The van der Waals surface area contributed by atoms with Crippen LogP contribution in [0.2, 0.25) is 0 Å². The maximum Gasteiger partial charge on any atom is 0.323 e. The van der Waals surface area contributed by atoms with E-state index in [0.717, 1.165) is 32.5 Å². The first-order valence-corrected chi connectivity index (χ1v) is 7.65. The van der Waals surface area contributed by atoms with Gasteiger partial charge in [0, 0.05) is 26.2 Å². The third-order valence-electron chi connectivity index (χ3n) is 3.89. The van der Waals surface area contributed by atoms with Gasteiger partial charge in [-0.15, -0.1) is 0 Å². The van der Waals surface area contributed by atoms with Crippen molar-refractivity contribution in [3.8, 4) is 0 Å². The highest BCUT2D eigenvalue weighted by Gasteiger charge is 2.34. The average molecular weight is 287 g/mol. The van der Waals surface area contributed by atoms with Crippen molar-refractivity contribution >= 4 is 5.97 Å². The molecular weight excluding hydrogens is 258 g/mol. The quantitative estimate of drug-likeness (QED) is 0.679. The van der Waals surface area contributed by atoms with Gasteiger partial charge in [-0.1, -0.05) is 6.92 Å². The molecule has 0 amide bonds. The topological polar surface area (TPSA) is 67.8 Å². The summed E-state index contributed by atoms with van der Waals surface area (Å²) in [6, 6.07) is 0. The van der Waals surface area contributed by atoms with Crippen LogP contribution in [0.5, 0.6) is 0 Å². The molecule has 0 aromatic rings. The van der Waals surface area contributed by atoms with Crippen LogP contribution in [0, 0.1) is 5.92 Å². The van der Waals surface area contributed by atoms with Crippen molar-refractivity contribution in [1.82, 2.24) is 5.32 Å². The first-order chi connectivity index (χ1) is 9.48. The highest BCUT2D eigenvalue weighted by molar-refractivity contribution is 5.78. The van der Waals surface area contributed by atoms with Gasteiger partial charge < -0.3 is 19.9 Å². The third kappa shape index (κ3) is 5.77. The van der Waals surface area contributed by atoms with E-state index in [-0.39, 0.29) is 6.10 Å². The Hall–Kier alpha value is -0.650. The SMILES string of the molecule is CCCNC(C)(CC(C)OCC1CCOCC1)C(=O)O. The largest absolute Gasteiger partial charge is 0.480 e. The smallest absolute Gasteiger partial charge is 0.323 e. The molecule has 2 atom stereocenters. The normalized spacial score (nSPS) is 21.4. The van der Waals surface area contributed by atoms with Crippen LogP contribution in [0.3, 0.4) is 0 Å². The van der Waals surface area contributed by atoms with Crippen molar-refractivity contribution in [2.75, 3.05) is 26.4 Å². The summed E-state index contributed by atoms with van der Waals surface area (Å²) in [6.07, 6.45) is 3.41. The summed E-state index contributed by atoms with van der Waals surface area (Å²) < 4.78 is 11.2. The second-order valence-electron chi connectivity index (χ2n) is 5.97. The lowest BCUT2D eigenvalue weighted by atomic mass is 9.94. The van der Waals surface area contributed by atoms with Gasteiger partial charge in [0.2, 0.25) is 0 Å². The summed E-state index contributed by atoms with van der Waals surface area (Å²) in [4.78, 5) is 11.4. The lowest BCUT2D eigenvalue weighted by Crippen LogP contribution is -2.51. The molecule has 0 bridgehead atoms. The van der Waals surface area contributed by atoms with Gasteiger partial charge in [0.25, 0.3) is 0 Å². The third-order valence-corrected chi connectivity index (χ3v) is 3.89. The fraction of sp³-hybridized carbons (Fsp3) is 0.933. The van der Waals surface area contributed by atoms with Crippen LogP contribution in [-0.4, -0.2) is 49.1 Å². The van der Waals surface area contributed by atoms with Crippen LogP contribution in [0.25, 0.3) is 0 Å². The molecule has 20 heavy (non-hydrogen) atoms. The van der Waals surface area contributed by atoms with Gasteiger partial charge in [-0.2, -0.15) is 0 Å². The fourth-order valence-corrected chi connectivity index (χ4v) is 2.48. The number of aliphatic carboxylic acids is 1. The molecule has 1 heterocycles. The second kappa shape index (κ2) is 8.60. The van der Waals surface area contributed by atoms with Gasteiger partial charge in [-0.05, 0) is 45.6 Å². The van der Waals surface area contributed by atoms with E-state index in [0.29, 0.717) is 25.5 Å². The Kier molecular flexibility index (Phi) is 7.48. The molecule has 0 aromatic carbocycles. The van der Waals surface area contributed by atoms with Gasteiger partial charge in [-0.25, -0.2) is 0 Å². The van der Waals surface area contributed by atoms with Crippen molar-refractivity contribution in [2.24, 2.45) is 5.92 Å². The van der Waals surface area contributed by atoms with Crippen LogP contribution in [0.15, 0.2) is 0 Å². The van der Waals surface area contributed by atoms with Crippen molar-refractivity contribution < 1.29 is 19.4 Å². The molecule has 0 spiro atoms. The number of carboxylic acid groups (broad SMARTS) is 1. The van der Waals surface area contributed by atoms with E-state index in [1.54, 1.807) is 6.92 Å². The predicted octanol–water partition coefficient (Wildman–Crippen LogP) is 2.05. The number of nitrogens with one attached hydrogen (secondary N) is 1. The van der Waals surface area contributed by atoms with E-state index < -0.39 is 11.5 Å². The molecule has 1 fully saturated rings. The molecule has 0 radical (unpaired) electrons. The van der Waals surface area contributed by atoms with E-state index in [1.165, 1.54) is 0 Å². The Morgan fingerprint density at radius 1 is 1.50 bits per heavy atom. The number of carboxylic acids is 1. The molecule has 2 N–H and O–H groups in total. The van der Waals surface area contributed by atoms with E-state index in [9.17, 15) is 9.90 Å². The molecule has 5 nitrogen and oxygen atoms in total. The molecule has 0 aliphatic carbocycles. The summed E-state index contributed by atoms with van der Waals surface area (Å²) in [5.41, 5.74) is -0.912. The van der Waals surface area contributed by atoms with Crippen molar-refractivity contribution in [3.63, 3.8) is 0 Å². The first kappa shape index (κ1) is 17.4. The number of ether oxygens (including phenoxy) is 2. The van der Waals surface area contributed by atoms with Gasteiger partial charge in [0.1, 0.15) is 5.54 Å². The monoisotopic (exact) mass is 287 g/mol. The molecule has 1 aliphatic heterocycles. The highest BCUT2D eigenvalue weighted by atomic mass is 16.5. The van der Waals surface area contributed by atoms with Gasteiger partial charge in [-0.3, -0.25) is 4.79 Å². The Labute approximate surface area is 122 Å². The molecule has 118 valence electrons. The molecule has 1 saturated heterocycles. The number of hydrogen-bond donors (Lipinski definition) is 2. The highest BCUT2D eigenvalue weighted by Crippen LogP contribution is 2.19. The zero-order chi connectivity index (χ0) is 15.0. The Bertz CT molecular complexity index is 292. The summed E-state index contributed by atoms with van der Waals surface area (Å²) in [5, 5.41) is 12.5. The van der Waals surface area contributed by atoms with Crippen LogP contribution in [-0.2, 0) is 14.3 Å². The standard InChI is InChI=1S/C15H29NO4/c1-4-7-16-15(3,14(17)18)10-12(2)20-11-13-5-8-19-9-6-13/h12-13,16H,4-11H2,1-3H3,(H,17,18). The van der Waals surface area contributed by atoms with E-state index >= 15 is 0 Å². The van der Waals surface area contributed by atoms with E-state index in [4.69, 9.17) is 9.47 Å². The fourth-order valence-electron chi connectivity index (χ4n) is 2.48. The van der Waals surface area contributed by atoms with Crippen molar-refractivity contribution in [2.45, 2.75) is 58.1 Å².